The predicted octanol–water partition coefficient (Wildman–Crippen LogP) is 3.49. The first-order valence-electron chi connectivity index (χ1n) is 11.3. The van der Waals surface area contributed by atoms with E-state index >= 15 is 8.78 Å². The highest BCUT2D eigenvalue weighted by atomic mass is 19.3. The number of nitrogens with one attached hydrogen (secondary N) is 2. The largest absolute Gasteiger partial charge is 0.460 e. The fourth-order valence-corrected chi connectivity index (χ4v) is 5.54. The Kier molecular flexibility index (Phi) is 5.52. The Morgan fingerprint density at radius 1 is 1.26 bits per heavy atom. The van der Waals surface area contributed by atoms with Gasteiger partial charge in [0, 0.05) is 35.6 Å². The molecule has 2 fully saturated rings. The molecule has 0 spiro atoms. The first-order chi connectivity index (χ1) is 16.8. The Hall–Kier alpha value is -3.84. The summed E-state index contributed by atoms with van der Waals surface area (Å²) < 4.78 is 36.2. The van der Waals surface area contributed by atoms with E-state index in [0.717, 1.165) is 11.1 Å². The molecule has 0 bridgehead atoms. The van der Waals surface area contributed by atoms with Gasteiger partial charge in [0.15, 0.2) is 5.54 Å². The summed E-state index contributed by atoms with van der Waals surface area (Å²) in [5, 5.41) is 14.5. The van der Waals surface area contributed by atoms with Crippen molar-refractivity contribution in [2.45, 2.75) is 37.8 Å². The highest BCUT2D eigenvalue weighted by Gasteiger charge is 2.70. The number of nitriles is 1. The molecule has 180 valence electrons. The lowest BCUT2D eigenvalue weighted by Gasteiger charge is -2.50. The van der Waals surface area contributed by atoms with Gasteiger partial charge in [0.1, 0.15) is 12.4 Å². The summed E-state index contributed by atoms with van der Waals surface area (Å²) in [6.45, 7) is 3.25. The van der Waals surface area contributed by atoms with Crippen molar-refractivity contribution in [3.8, 4) is 17.2 Å². The van der Waals surface area contributed by atoms with E-state index < -0.39 is 47.7 Å². The second-order valence-electron chi connectivity index (χ2n) is 9.19. The summed E-state index contributed by atoms with van der Waals surface area (Å²) in [7, 11) is 0. The SMILES string of the molecule is C[C@H]1OC(=O)[C@]2(N3C=NNN3)CC(F)(F)[C@@H](C)[C@H](/C=C/c3ccc(-c4ccccc4C#N)cn3)[C@H]12. The zero-order valence-corrected chi connectivity index (χ0v) is 19.2. The van der Waals surface area contributed by atoms with Gasteiger partial charge in [0.2, 0.25) is 0 Å². The lowest BCUT2D eigenvalue weighted by molar-refractivity contribution is -0.174. The molecule has 5 atom stereocenters. The Balaban J connectivity index is 1.48. The molecule has 1 aromatic heterocycles. The van der Waals surface area contributed by atoms with Gasteiger partial charge in [0.05, 0.1) is 17.3 Å². The van der Waals surface area contributed by atoms with Crippen LogP contribution >= 0.6 is 0 Å². The molecule has 35 heavy (non-hydrogen) atoms. The van der Waals surface area contributed by atoms with Crippen LogP contribution in [0.3, 0.4) is 0 Å². The number of rotatable bonds is 4. The van der Waals surface area contributed by atoms with Gasteiger partial charge in [0.25, 0.3) is 5.92 Å². The number of nitrogens with zero attached hydrogens (tertiary/aromatic N) is 4. The van der Waals surface area contributed by atoms with Gasteiger partial charge < -0.3 is 4.74 Å². The van der Waals surface area contributed by atoms with Crippen molar-refractivity contribution in [1.82, 2.24) is 21.1 Å². The van der Waals surface area contributed by atoms with Crippen molar-refractivity contribution < 1.29 is 18.3 Å². The number of hydrazone groups is 1. The number of aromatic nitrogens is 1. The summed E-state index contributed by atoms with van der Waals surface area (Å²) >= 11 is 0. The van der Waals surface area contributed by atoms with Crippen LogP contribution in [-0.4, -0.2) is 39.9 Å². The molecular formula is C25H24F2N6O2. The van der Waals surface area contributed by atoms with Crippen LogP contribution in [-0.2, 0) is 9.53 Å². The number of carbonyl (C=O) groups excluding carboxylic acids is 1. The highest BCUT2D eigenvalue weighted by Crippen LogP contribution is 2.56. The molecule has 10 heteroatoms. The molecule has 2 N–H and O–H groups in total. The van der Waals surface area contributed by atoms with Gasteiger partial charge in [-0.2, -0.15) is 10.4 Å². The maximum atomic E-state index is 15.3. The number of fused-ring (bicyclic) bond motifs is 1. The van der Waals surface area contributed by atoms with Gasteiger partial charge in [-0.25, -0.2) is 19.1 Å². The van der Waals surface area contributed by atoms with Crippen molar-refractivity contribution in [1.29, 1.82) is 5.26 Å². The van der Waals surface area contributed by atoms with Crippen molar-refractivity contribution in [3.63, 3.8) is 0 Å². The molecule has 2 aliphatic heterocycles. The van der Waals surface area contributed by atoms with E-state index in [1.807, 2.05) is 18.2 Å². The number of esters is 1. The lowest BCUT2D eigenvalue weighted by atomic mass is 9.60. The van der Waals surface area contributed by atoms with Gasteiger partial charge >= 0.3 is 5.97 Å². The zero-order valence-electron chi connectivity index (χ0n) is 19.2. The number of alkyl halides is 2. The number of halogens is 2. The normalized spacial score (nSPS) is 31.2. The molecule has 1 aliphatic carbocycles. The van der Waals surface area contributed by atoms with Crippen molar-refractivity contribution in [2.24, 2.45) is 22.9 Å². The number of cyclic esters (lactones) is 1. The molecule has 0 radical (unpaired) electrons. The third-order valence-corrected chi connectivity index (χ3v) is 7.34. The maximum Gasteiger partial charge on any atom is 0.334 e. The molecule has 1 aromatic carbocycles. The molecular weight excluding hydrogens is 454 g/mol. The summed E-state index contributed by atoms with van der Waals surface area (Å²) in [6.07, 6.45) is 5.13. The molecule has 3 aliphatic rings. The third kappa shape index (κ3) is 3.63. The molecule has 3 heterocycles. The Morgan fingerprint density at radius 2 is 2.06 bits per heavy atom. The van der Waals surface area contributed by atoms with Crippen LogP contribution in [0, 0.1) is 29.1 Å². The number of pyridine rings is 1. The summed E-state index contributed by atoms with van der Waals surface area (Å²) in [5.74, 6) is -6.05. The summed E-state index contributed by atoms with van der Waals surface area (Å²) in [5.41, 5.74) is 6.25. The Labute approximate surface area is 201 Å². The average Bonchev–Trinajstić information content (AvgIpc) is 3.47. The van der Waals surface area contributed by atoms with Crippen LogP contribution in [0.25, 0.3) is 17.2 Å². The average molecular weight is 479 g/mol. The number of hydrogen-bond acceptors (Lipinski definition) is 8. The van der Waals surface area contributed by atoms with Gasteiger partial charge in [-0.15, -0.1) is 5.53 Å². The van der Waals surface area contributed by atoms with Crippen LogP contribution in [0.5, 0.6) is 0 Å². The quantitative estimate of drug-likeness (QED) is 0.649. The number of allylic oxidation sites excluding steroid dienone is 1. The maximum absolute atomic E-state index is 15.3. The third-order valence-electron chi connectivity index (χ3n) is 7.34. The molecule has 0 amide bonds. The minimum absolute atomic E-state index is 0.540. The van der Waals surface area contributed by atoms with E-state index in [4.69, 9.17) is 4.74 Å². The molecule has 1 saturated carbocycles. The molecule has 2 aromatic rings. The van der Waals surface area contributed by atoms with Crippen LogP contribution in [0.15, 0.2) is 53.8 Å². The van der Waals surface area contributed by atoms with E-state index in [2.05, 4.69) is 27.2 Å². The predicted molar refractivity (Wildman–Crippen MR) is 124 cm³/mol. The highest BCUT2D eigenvalue weighted by molar-refractivity contribution is 5.87. The first-order valence-corrected chi connectivity index (χ1v) is 11.3. The van der Waals surface area contributed by atoms with Crippen LogP contribution < -0.4 is 11.1 Å². The topological polar surface area (TPSA) is 103 Å². The fourth-order valence-electron chi connectivity index (χ4n) is 5.54. The van der Waals surface area contributed by atoms with Gasteiger partial charge in [-0.1, -0.05) is 37.3 Å². The minimum Gasteiger partial charge on any atom is -0.460 e. The van der Waals surface area contributed by atoms with Crippen LogP contribution in [0.4, 0.5) is 8.78 Å². The van der Waals surface area contributed by atoms with Crippen molar-refractivity contribution in [3.05, 3.63) is 59.9 Å². The minimum atomic E-state index is -3.12. The number of benzene rings is 1. The van der Waals surface area contributed by atoms with Gasteiger partial charge in [-0.05, 0) is 31.1 Å². The number of hydrazine groups is 2. The number of ether oxygens (including phenoxy) is 1. The molecule has 5 rings (SSSR count). The van der Waals surface area contributed by atoms with Crippen molar-refractivity contribution in [2.75, 3.05) is 0 Å². The number of carbonyl (C=O) groups is 1. The zero-order chi connectivity index (χ0) is 24.8. The van der Waals surface area contributed by atoms with E-state index in [-0.39, 0.29) is 0 Å². The lowest BCUT2D eigenvalue weighted by Crippen LogP contribution is -2.68. The van der Waals surface area contributed by atoms with E-state index in [9.17, 15) is 10.1 Å². The Morgan fingerprint density at radius 3 is 2.74 bits per heavy atom. The summed E-state index contributed by atoms with van der Waals surface area (Å²) in [4.78, 5) is 17.4. The monoisotopic (exact) mass is 478 g/mol. The second kappa shape index (κ2) is 8.43. The van der Waals surface area contributed by atoms with Gasteiger partial charge in [-0.3, -0.25) is 9.99 Å². The van der Waals surface area contributed by atoms with E-state index in [1.54, 1.807) is 43.5 Å². The van der Waals surface area contributed by atoms with E-state index in [1.165, 1.54) is 18.3 Å². The number of hydrogen-bond donors (Lipinski definition) is 2. The standard InChI is InChI=1S/C25H24F2N6O2/c1-15-20(10-9-19-8-7-18(12-29-19)21-6-4-3-5-17(21)11-28)22-16(2)35-23(34)24(22,13-25(15,26)27)33-14-30-31-32-33/h3-10,12,14-16,20,22,31-32H,13H2,1-2H3/b10-9+/t15-,16+,20-,22-,24-/m0/s1. The molecule has 1 saturated heterocycles. The van der Waals surface area contributed by atoms with Crippen LogP contribution in [0.2, 0.25) is 0 Å². The first kappa shape index (κ1) is 22.9. The molecule has 8 nitrogen and oxygen atoms in total. The smallest absolute Gasteiger partial charge is 0.334 e. The van der Waals surface area contributed by atoms with Crippen LogP contribution in [0.1, 0.15) is 31.5 Å². The second-order valence-corrected chi connectivity index (χ2v) is 9.19. The fraction of sp³-hybridized carbons (Fsp3) is 0.360. The van der Waals surface area contributed by atoms with E-state index in [0.29, 0.717) is 11.3 Å². The van der Waals surface area contributed by atoms with Crippen molar-refractivity contribution >= 4 is 18.4 Å². The molecule has 0 unspecified atom stereocenters. The summed E-state index contributed by atoms with van der Waals surface area (Å²) in [6, 6.07) is 13.0. The Bertz CT molecular complexity index is 1240.